The number of Topliss-reactive ketones (excluding diaryl/α,β-unsaturated/α-hetero) is 1. The molecule has 3 aliphatic rings. The Morgan fingerprint density at radius 2 is 1.49 bits per heavy atom. The molecule has 0 aromatic heterocycles. The minimum atomic E-state index is -2.05. The first-order chi connectivity index (χ1) is 24.5. The fraction of sp³-hybridized carbons (Fsp3) is 0.947. The summed E-state index contributed by atoms with van der Waals surface area (Å²) in [6.45, 7) is 14.2. The zero-order valence-electron chi connectivity index (χ0n) is 34.1. The van der Waals surface area contributed by atoms with Gasteiger partial charge >= 0.3 is 5.97 Å². The van der Waals surface area contributed by atoms with Crippen LogP contribution in [0.4, 0.5) is 0 Å². The number of ketones is 1. The molecule has 3 saturated heterocycles. The first-order valence-electron chi connectivity index (χ1n) is 19.0. The third-order valence-corrected chi connectivity index (χ3v) is 12.3. The van der Waals surface area contributed by atoms with Crippen LogP contribution in [0.15, 0.2) is 0 Å². The number of aliphatic hydroxyl groups excluding tert-OH is 4. The second-order valence-electron chi connectivity index (χ2n) is 16.6. The standard InChI is InChI=1S/C38H69NO14/c1-14-26-38(9,46)31(43)21(4)28(41)19(2)16-37(8,48-13)33(53-35-29(42)25(39(10)11)15-20(3)49-35)22(5)30(24(18-40)34(45)51-26)52-27-17-36(7,47-12)32(44)23(6)50-27/h19-27,29-33,35,40,42-44,46H,14-18H2,1-13H3/t19-,20-,21+,22+,23+,24-,25+,26-,27+,29-,30+,31-,32+,33-,35+,36-,37-,38-/m1/s1. The second-order valence-corrected chi connectivity index (χ2v) is 16.6. The third-order valence-electron chi connectivity index (χ3n) is 12.3. The predicted molar refractivity (Wildman–Crippen MR) is 192 cm³/mol. The summed E-state index contributed by atoms with van der Waals surface area (Å²) in [5.74, 6) is -5.37. The van der Waals surface area contributed by atoms with E-state index in [0.29, 0.717) is 6.42 Å². The van der Waals surface area contributed by atoms with Crippen LogP contribution in [0.1, 0.15) is 88.0 Å². The number of carbonyl (C=O) groups excluding carboxylic acids is 2. The van der Waals surface area contributed by atoms with Gasteiger partial charge in [-0.1, -0.05) is 27.7 Å². The summed E-state index contributed by atoms with van der Waals surface area (Å²) >= 11 is 0. The topological polar surface area (TPSA) is 203 Å². The molecule has 18 atom stereocenters. The second kappa shape index (κ2) is 18.3. The average Bonchev–Trinajstić information content (AvgIpc) is 3.10. The molecule has 0 unspecified atom stereocenters. The molecule has 0 bridgehead atoms. The van der Waals surface area contributed by atoms with Crippen molar-refractivity contribution in [2.24, 2.45) is 23.7 Å². The molecule has 0 aromatic rings. The maximum Gasteiger partial charge on any atom is 0.314 e. The Bertz CT molecular complexity index is 1210. The Balaban J connectivity index is 2.26. The van der Waals surface area contributed by atoms with Gasteiger partial charge in [-0.25, -0.2) is 0 Å². The minimum Gasteiger partial charge on any atom is -0.459 e. The molecule has 3 fully saturated rings. The Kier molecular flexibility index (Phi) is 15.9. The molecule has 15 nitrogen and oxygen atoms in total. The summed E-state index contributed by atoms with van der Waals surface area (Å²) in [5, 5.41) is 56.6. The van der Waals surface area contributed by atoms with Crippen molar-refractivity contribution in [3.8, 4) is 0 Å². The van der Waals surface area contributed by atoms with Gasteiger partial charge in [-0.15, -0.1) is 0 Å². The van der Waals surface area contributed by atoms with Crippen LogP contribution in [-0.4, -0.2) is 161 Å². The molecule has 0 aliphatic carbocycles. The van der Waals surface area contributed by atoms with Gasteiger partial charge in [0.1, 0.15) is 35.6 Å². The van der Waals surface area contributed by atoms with Crippen LogP contribution in [0.5, 0.6) is 0 Å². The molecule has 0 aromatic carbocycles. The van der Waals surface area contributed by atoms with Crippen molar-refractivity contribution in [3.63, 3.8) is 0 Å². The zero-order valence-corrected chi connectivity index (χ0v) is 34.1. The molecule has 3 heterocycles. The zero-order chi connectivity index (χ0) is 40.4. The summed E-state index contributed by atoms with van der Waals surface area (Å²) in [6.07, 6.45) is -9.87. The Morgan fingerprint density at radius 3 is 2.02 bits per heavy atom. The van der Waals surface area contributed by atoms with Crippen LogP contribution < -0.4 is 0 Å². The summed E-state index contributed by atoms with van der Waals surface area (Å²) in [7, 11) is 6.64. The number of likely N-dealkylation sites (N-methyl/N-ethyl adjacent to an activating group) is 1. The van der Waals surface area contributed by atoms with E-state index in [1.165, 1.54) is 28.1 Å². The molecule has 0 saturated carbocycles. The van der Waals surface area contributed by atoms with E-state index in [1.807, 2.05) is 25.9 Å². The van der Waals surface area contributed by atoms with Crippen molar-refractivity contribution in [1.82, 2.24) is 4.90 Å². The number of aliphatic hydroxyl groups is 5. The molecular formula is C38H69NO14. The Hall–Kier alpha value is -1.34. The van der Waals surface area contributed by atoms with Crippen molar-refractivity contribution in [2.45, 2.75) is 172 Å². The van der Waals surface area contributed by atoms with E-state index in [-0.39, 0.29) is 37.2 Å². The van der Waals surface area contributed by atoms with Crippen LogP contribution in [0.2, 0.25) is 0 Å². The molecule has 15 heteroatoms. The summed E-state index contributed by atoms with van der Waals surface area (Å²) < 4.78 is 43.6. The molecule has 0 spiro atoms. The smallest absolute Gasteiger partial charge is 0.314 e. The van der Waals surface area contributed by atoms with Crippen molar-refractivity contribution < 1.29 is 68.3 Å². The molecule has 53 heavy (non-hydrogen) atoms. The fourth-order valence-corrected chi connectivity index (χ4v) is 8.63. The summed E-state index contributed by atoms with van der Waals surface area (Å²) in [6, 6.07) is -0.324. The summed E-state index contributed by atoms with van der Waals surface area (Å²) in [4.78, 5) is 30.1. The largest absolute Gasteiger partial charge is 0.459 e. The van der Waals surface area contributed by atoms with Crippen molar-refractivity contribution in [3.05, 3.63) is 0 Å². The molecule has 0 amide bonds. The van der Waals surface area contributed by atoms with E-state index in [4.69, 9.17) is 33.2 Å². The molecule has 3 rings (SSSR count). The van der Waals surface area contributed by atoms with Gasteiger partial charge in [0.05, 0.1) is 48.3 Å². The molecule has 5 N–H and O–H groups in total. The van der Waals surface area contributed by atoms with Crippen LogP contribution in [0.25, 0.3) is 0 Å². The van der Waals surface area contributed by atoms with Gasteiger partial charge in [-0.3, -0.25) is 9.59 Å². The lowest BCUT2D eigenvalue weighted by atomic mass is 9.73. The van der Waals surface area contributed by atoms with E-state index < -0.39 is 108 Å². The minimum absolute atomic E-state index is 0.0485. The van der Waals surface area contributed by atoms with Crippen molar-refractivity contribution in [1.29, 1.82) is 0 Å². The van der Waals surface area contributed by atoms with Gasteiger partial charge in [-0.05, 0) is 68.0 Å². The van der Waals surface area contributed by atoms with E-state index in [2.05, 4.69) is 0 Å². The van der Waals surface area contributed by atoms with E-state index in [0.717, 1.165) is 0 Å². The Morgan fingerprint density at radius 1 is 0.887 bits per heavy atom. The maximum absolute atomic E-state index is 14.2. The number of rotatable bonds is 9. The summed E-state index contributed by atoms with van der Waals surface area (Å²) in [5.41, 5.74) is -4.47. The highest BCUT2D eigenvalue weighted by atomic mass is 16.7. The quantitative estimate of drug-likeness (QED) is 0.211. The highest BCUT2D eigenvalue weighted by Crippen LogP contribution is 2.42. The van der Waals surface area contributed by atoms with Crippen LogP contribution >= 0.6 is 0 Å². The van der Waals surface area contributed by atoms with Crippen LogP contribution in [-0.2, 0) is 42.7 Å². The lowest BCUT2D eigenvalue weighted by molar-refractivity contribution is -0.320. The van der Waals surface area contributed by atoms with Gasteiger partial charge in [0.25, 0.3) is 0 Å². The molecule has 3 aliphatic heterocycles. The lowest BCUT2D eigenvalue weighted by Crippen LogP contribution is -2.62. The van der Waals surface area contributed by atoms with Crippen molar-refractivity contribution >= 4 is 11.8 Å². The number of hydrogen-bond donors (Lipinski definition) is 5. The number of nitrogens with zero attached hydrogens (tertiary/aromatic N) is 1. The fourth-order valence-electron chi connectivity index (χ4n) is 8.63. The highest BCUT2D eigenvalue weighted by molar-refractivity contribution is 5.83. The highest BCUT2D eigenvalue weighted by Gasteiger charge is 2.54. The normalized spacial score (nSPS) is 48.3. The first kappa shape index (κ1) is 46.0. The van der Waals surface area contributed by atoms with Gasteiger partial charge < -0.3 is 63.6 Å². The lowest BCUT2D eigenvalue weighted by Gasteiger charge is -2.50. The van der Waals surface area contributed by atoms with E-state index in [9.17, 15) is 35.1 Å². The number of hydrogen-bond acceptors (Lipinski definition) is 15. The van der Waals surface area contributed by atoms with Gasteiger partial charge in [-0.2, -0.15) is 0 Å². The third kappa shape index (κ3) is 9.80. The number of ether oxygens (including phenoxy) is 7. The number of methoxy groups -OCH3 is 2. The van der Waals surface area contributed by atoms with Crippen LogP contribution in [0, 0.1) is 23.7 Å². The average molecular weight is 764 g/mol. The van der Waals surface area contributed by atoms with Gasteiger partial charge in [0.2, 0.25) is 0 Å². The monoisotopic (exact) mass is 763 g/mol. The molecule has 0 radical (unpaired) electrons. The van der Waals surface area contributed by atoms with E-state index >= 15 is 0 Å². The van der Waals surface area contributed by atoms with Gasteiger partial charge in [0.15, 0.2) is 12.6 Å². The van der Waals surface area contributed by atoms with Crippen molar-refractivity contribution in [2.75, 3.05) is 34.9 Å². The SMILES string of the molecule is CC[C@H]1OC(=O)[C@H](CO)[C@@H](O[C@H]2C[C@@](C)(OC)[C@@H](O)[C@H](C)O2)[C@H](C)[C@@H](O[C@@H]2O[C@H](C)C[C@H](N(C)C)[C@H]2O)[C@](C)(OC)C[C@@H](C)C(=O)[C@H](C)[C@@H](O)[C@]1(C)O. The van der Waals surface area contributed by atoms with Crippen LogP contribution in [0.3, 0.4) is 0 Å². The number of carbonyl (C=O) groups is 2. The predicted octanol–water partition coefficient (Wildman–Crippen LogP) is 1.41. The Labute approximate surface area is 315 Å². The van der Waals surface area contributed by atoms with Gasteiger partial charge in [0, 0.05) is 44.4 Å². The molecular weight excluding hydrogens is 694 g/mol. The number of cyclic esters (lactones) is 1. The first-order valence-corrected chi connectivity index (χ1v) is 19.0. The van der Waals surface area contributed by atoms with E-state index in [1.54, 1.807) is 41.5 Å². The molecule has 310 valence electrons. The number of esters is 1. The maximum atomic E-state index is 14.2.